The fourth-order valence-electron chi connectivity index (χ4n) is 1.18. The van der Waals surface area contributed by atoms with E-state index in [0.717, 1.165) is 6.42 Å². The molecular formula is C8H17N3O2. The molecule has 13 heavy (non-hydrogen) atoms. The molecule has 0 radical (unpaired) electrons. The highest BCUT2D eigenvalue weighted by molar-refractivity contribution is 5.74. The minimum Gasteiger partial charge on any atom is -0.378 e. The molecule has 0 aromatic carbocycles. The van der Waals surface area contributed by atoms with Crippen LogP contribution in [0.15, 0.2) is 0 Å². The number of morpholine rings is 1. The Morgan fingerprint density at radius 3 is 2.77 bits per heavy atom. The van der Waals surface area contributed by atoms with Gasteiger partial charge in [0, 0.05) is 19.6 Å². The van der Waals surface area contributed by atoms with Crippen LogP contribution in [0.4, 0.5) is 4.79 Å². The van der Waals surface area contributed by atoms with Crippen molar-refractivity contribution in [2.75, 3.05) is 39.4 Å². The fraction of sp³-hybridized carbons (Fsp3) is 0.875. The van der Waals surface area contributed by atoms with Gasteiger partial charge in [0.2, 0.25) is 0 Å². The number of hydrogen-bond acceptors (Lipinski definition) is 3. The molecule has 0 aliphatic carbocycles. The summed E-state index contributed by atoms with van der Waals surface area (Å²) in [4.78, 5) is 13.2. The Hall–Kier alpha value is -0.810. The minimum absolute atomic E-state index is 0.00301. The summed E-state index contributed by atoms with van der Waals surface area (Å²) in [5, 5.41) is 2.80. The summed E-state index contributed by atoms with van der Waals surface area (Å²) in [5.74, 6) is 0. The van der Waals surface area contributed by atoms with Gasteiger partial charge in [-0.15, -0.1) is 0 Å². The van der Waals surface area contributed by atoms with Crippen molar-refractivity contribution < 1.29 is 9.53 Å². The van der Waals surface area contributed by atoms with Crippen LogP contribution in [0.3, 0.4) is 0 Å². The Labute approximate surface area is 78.2 Å². The van der Waals surface area contributed by atoms with Crippen molar-refractivity contribution in [1.29, 1.82) is 0 Å². The van der Waals surface area contributed by atoms with Gasteiger partial charge in [-0.25, -0.2) is 4.79 Å². The maximum atomic E-state index is 11.4. The van der Waals surface area contributed by atoms with Gasteiger partial charge >= 0.3 is 6.03 Å². The third-order valence-corrected chi connectivity index (χ3v) is 1.96. The van der Waals surface area contributed by atoms with E-state index in [1.807, 2.05) is 0 Å². The zero-order chi connectivity index (χ0) is 9.52. The summed E-state index contributed by atoms with van der Waals surface area (Å²) in [7, 11) is 0. The zero-order valence-electron chi connectivity index (χ0n) is 7.79. The first-order valence-electron chi connectivity index (χ1n) is 4.65. The van der Waals surface area contributed by atoms with Gasteiger partial charge < -0.3 is 20.7 Å². The van der Waals surface area contributed by atoms with Gasteiger partial charge in [-0.1, -0.05) is 0 Å². The Kier molecular flexibility index (Phi) is 4.56. The molecule has 5 heteroatoms. The van der Waals surface area contributed by atoms with Crippen LogP contribution in [-0.2, 0) is 4.74 Å². The van der Waals surface area contributed by atoms with E-state index in [1.165, 1.54) is 0 Å². The fourth-order valence-corrected chi connectivity index (χ4v) is 1.18. The van der Waals surface area contributed by atoms with Crippen LogP contribution in [0.2, 0.25) is 0 Å². The predicted molar refractivity (Wildman–Crippen MR) is 49.5 cm³/mol. The largest absolute Gasteiger partial charge is 0.378 e. The average molecular weight is 187 g/mol. The van der Waals surface area contributed by atoms with E-state index in [-0.39, 0.29) is 6.03 Å². The van der Waals surface area contributed by atoms with Crippen LogP contribution in [-0.4, -0.2) is 50.3 Å². The molecule has 5 nitrogen and oxygen atoms in total. The van der Waals surface area contributed by atoms with Gasteiger partial charge in [0.15, 0.2) is 0 Å². The third-order valence-electron chi connectivity index (χ3n) is 1.96. The second-order valence-electron chi connectivity index (χ2n) is 2.97. The molecule has 76 valence electrons. The van der Waals surface area contributed by atoms with E-state index in [0.29, 0.717) is 39.4 Å². The lowest BCUT2D eigenvalue weighted by atomic mass is 10.4. The molecule has 0 aromatic heterocycles. The van der Waals surface area contributed by atoms with E-state index in [9.17, 15) is 4.79 Å². The van der Waals surface area contributed by atoms with E-state index >= 15 is 0 Å². The van der Waals surface area contributed by atoms with Gasteiger partial charge in [0.1, 0.15) is 0 Å². The molecule has 0 spiro atoms. The summed E-state index contributed by atoms with van der Waals surface area (Å²) < 4.78 is 5.13. The Morgan fingerprint density at radius 1 is 1.46 bits per heavy atom. The predicted octanol–water partition coefficient (Wildman–Crippen LogP) is -0.623. The van der Waals surface area contributed by atoms with E-state index < -0.39 is 0 Å². The molecule has 0 atom stereocenters. The number of rotatable bonds is 3. The number of ether oxygens (including phenoxy) is 1. The molecule has 2 amide bonds. The molecule has 3 N–H and O–H groups in total. The van der Waals surface area contributed by atoms with Crippen LogP contribution < -0.4 is 11.1 Å². The van der Waals surface area contributed by atoms with E-state index in [4.69, 9.17) is 10.5 Å². The van der Waals surface area contributed by atoms with E-state index in [2.05, 4.69) is 5.32 Å². The highest BCUT2D eigenvalue weighted by atomic mass is 16.5. The molecule has 1 heterocycles. The van der Waals surface area contributed by atoms with Crippen molar-refractivity contribution in [3.63, 3.8) is 0 Å². The first kappa shape index (κ1) is 10.3. The molecule has 1 aliphatic heterocycles. The highest BCUT2D eigenvalue weighted by Gasteiger charge is 2.15. The van der Waals surface area contributed by atoms with Gasteiger partial charge in [0.25, 0.3) is 0 Å². The monoisotopic (exact) mass is 187 g/mol. The summed E-state index contributed by atoms with van der Waals surface area (Å²) in [6.45, 7) is 3.94. The second-order valence-corrected chi connectivity index (χ2v) is 2.97. The molecule has 1 saturated heterocycles. The minimum atomic E-state index is -0.00301. The molecule has 0 aromatic rings. The van der Waals surface area contributed by atoms with Crippen molar-refractivity contribution in [3.05, 3.63) is 0 Å². The maximum Gasteiger partial charge on any atom is 0.317 e. The van der Waals surface area contributed by atoms with Gasteiger partial charge in [-0.05, 0) is 13.0 Å². The smallest absolute Gasteiger partial charge is 0.317 e. The number of carbonyl (C=O) groups is 1. The lowest BCUT2D eigenvalue weighted by Gasteiger charge is -2.26. The van der Waals surface area contributed by atoms with Crippen LogP contribution in [0.1, 0.15) is 6.42 Å². The third kappa shape index (κ3) is 3.61. The maximum absolute atomic E-state index is 11.4. The van der Waals surface area contributed by atoms with Crippen molar-refractivity contribution >= 4 is 6.03 Å². The summed E-state index contributed by atoms with van der Waals surface area (Å²) >= 11 is 0. The number of hydrogen-bond donors (Lipinski definition) is 2. The second kappa shape index (κ2) is 5.77. The number of nitrogens with zero attached hydrogens (tertiary/aromatic N) is 1. The normalized spacial score (nSPS) is 17.2. The van der Waals surface area contributed by atoms with Crippen molar-refractivity contribution in [2.45, 2.75) is 6.42 Å². The molecule has 0 bridgehead atoms. The van der Waals surface area contributed by atoms with Gasteiger partial charge in [-0.2, -0.15) is 0 Å². The average Bonchev–Trinajstić information content (AvgIpc) is 2.19. The lowest BCUT2D eigenvalue weighted by Crippen LogP contribution is -2.46. The summed E-state index contributed by atoms with van der Waals surface area (Å²) in [5.41, 5.74) is 5.31. The van der Waals surface area contributed by atoms with Crippen LogP contribution in [0, 0.1) is 0 Å². The van der Waals surface area contributed by atoms with Gasteiger partial charge in [-0.3, -0.25) is 0 Å². The Balaban J connectivity index is 2.13. The first-order chi connectivity index (χ1) is 6.34. The number of nitrogens with two attached hydrogens (primary N) is 1. The van der Waals surface area contributed by atoms with E-state index in [1.54, 1.807) is 4.90 Å². The molecule has 0 saturated carbocycles. The molecule has 1 fully saturated rings. The Bertz CT molecular complexity index is 157. The summed E-state index contributed by atoms with van der Waals surface area (Å²) in [6, 6.07) is -0.00301. The quantitative estimate of drug-likeness (QED) is 0.578. The lowest BCUT2D eigenvalue weighted by molar-refractivity contribution is 0.0532. The standard InChI is InChI=1S/C8H17N3O2/c9-2-1-3-10-8(12)11-4-6-13-7-5-11/h1-7,9H2,(H,10,12). The number of amides is 2. The summed E-state index contributed by atoms with van der Waals surface area (Å²) in [6.07, 6.45) is 0.829. The van der Waals surface area contributed by atoms with Crippen LogP contribution >= 0.6 is 0 Å². The number of urea groups is 1. The van der Waals surface area contributed by atoms with Crippen molar-refractivity contribution in [1.82, 2.24) is 10.2 Å². The van der Waals surface area contributed by atoms with Crippen molar-refractivity contribution in [3.8, 4) is 0 Å². The van der Waals surface area contributed by atoms with Crippen molar-refractivity contribution in [2.24, 2.45) is 5.73 Å². The molecule has 0 unspecified atom stereocenters. The molecule has 1 rings (SSSR count). The Morgan fingerprint density at radius 2 is 2.15 bits per heavy atom. The topological polar surface area (TPSA) is 67.6 Å². The molecule has 1 aliphatic rings. The number of carbonyl (C=O) groups excluding carboxylic acids is 1. The first-order valence-corrected chi connectivity index (χ1v) is 4.65. The van der Waals surface area contributed by atoms with Crippen LogP contribution in [0.5, 0.6) is 0 Å². The molecular weight excluding hydrogens is 170 g/mol. The SMILES string of the molecule is NCCCNC(=O)N1CCOCC1. The highest BCUT2D eigenvalue weighted by Crippen LogP contribution is 1.96. The van der Waals surface area contributed by atoms with Crippen LogP contribution in [0.25, 0.3) is 0 Å². The number of nitrogens with one attached hydrogen (secondary N) is 1. The van der Waals surface area contributed by atoms with Gasteiger partial charge in [0.05, 0.1) is 13.2 Å². The zero-order valence-corrected chi connectivity index (χ0v) is 7.79.